The van der Waals surface area contributed by atoms with Crippen LogP contribution in [-0.4, -0.2) is 19.7 Å². The van der Waals surface area contributed by atoms with Gasteiger partial charge in [-0.15, -0.1) is 10.2 Å². The number of para-hydroxylation sites is 2. The Morgan fingerprint density at radius 1 is 0.963 bits per heavy atom. The van der Waals surface area contributed by atoms with Crippen LogP contribution in [0.3, 0.4) is 0 Å². The molecule has 1 fully saturated rings. The number of nitrogens with zero attached hydrogens (tertiary/aromatic N) is 4. The van der Waals surface area contributed by atoms with Gasteiger partial charge in [-0.3, -0.25) is 0 Å². The minimum Gasteiger partial charge on any atom is -0.361 e. The normalized spacial score (nSPS) is 13.8. The summed E-state index contributed by atoms with van der Waals surface area (Å²) in [5, 5.41) is 11.8. The average Bonchev–Trinajstić information content (AvgIpc) is 3.47. The predicted octanol–water partition coefficient (Wildman–Crippen LogP) is 4.58. The summed E-state index contributed by atoms with van der Waals surface area (Å²) in [6.07, 6.45) is 2.42. The first kappa shape index (κ1) is 15.9. The fourth-order valence-corrected chi connectivity index (χ4v) is 3.33. The first-order valence-corrected chi connectivity index (χ1v) is 9.07. The number of fused-ring (bicyclic) bond motifs is 1. The average molecular weight is 359 g/mol. The molecular weight excluding hydrogens is 341 g/mol. The van der Waals surface area contributed by atoms with Crippen molar-refractivity contribution in [1.29, 1.82) is 0 Å². The first-order chi connectivity index (χ1) is 13.3. The van der Waals surface area contributed by atoms with Crippen LogP contribution in [0, 0.1) is 5.82 Å². The smallest absolute Gasteiger partial charge is 0.149 e. The highest BCUT2D eigenvalue weighted by Crippen LogP contribution is 2.38. The molecule has 5 rings (SSSR count). The van der Waals surface area contributed by atoms with E-state index in [4.69, 9.17) is 4.98 Å². The van der Waals surface area contributed by atoms with E-state index in [1.807, 2.05) is 18.2 Å². The van der Waals surface area contributed by atoms with Gasteiger partial charge >= 0.3 is 0 Å². The maximum absolute atomic E-state index is 13.0. The molecule has 0 radical (unpaired) electrons. The molecule has 2 aromatic heterocycles. The van der Waals surface area contributed by atoms with Crippen LogP contribution in [0.2, 0.25) is 0 Å². The molecule has 0 atom stereocenters. The molecule has 0 bridgehead atoms. The third-order valence-electron chi connectivity index (χ3n) is 4.81. The van der Waals surface area contributed by atoms with Crippen molar-refractivity contribution in [2.24, 2.45) is 0 Å². The number of halogens is 1. The maximum atomic E-state index is 13.0. The van der Waals surface area contributed by atoms with Crippen LogP contribution in [0.5, 0.6) is 0 Å². The molecule has 1 saturated carbocycles. The van der Waals surface area contributed by atoms with E-state index in [0.29, 0.717) is 24.1 Å². The Morgan fingerprint density at radius 3 is 2.52 bits per heavy atom. The van der Waals surface area contributed by atoms with E-state index in [9.17, 15) is 4.39 Å². The topological polar surface area (TPSA) is 55.6 Å². The largest absolute Gasteiger partial charge is 0.361 e. The van der Waals surface area contributed by atoms with Crippen LogP contribution in [0.4, 0.5) is 10.2 Å². The minimum atomic E-state index is -0.261. The molecule has 5 nitrogen and oxygen atoms in total. The Bertz CT molecular complexity index is 1080. The molecule has 0 spiro atoms. The highest BCUT2D eigenvalue weighted by molar-refractivity contribution is 5.76. The molecule has 1 N–H and O–H groups in total. The monoisotopic (exact) mass is 359 g/mol. The fourth-order valence-electron chi connectivity index (χ4n) is 3.33. The fraction of sp³-hybridized carbons (Fsp3) is 0.190. The lowest BCUT2D eigenvalue weighted by atomic mass is 10.1. The zero-order chi connectivity index (χ0) is 18.2. The summed E-state index contributed by atoms with van der Waals surface area (Å²) in [7, 11) is 0. The van der Waals surface area contributed by atoms with E-state index in [-0.39, 0.29) is 5.82 Å². The van der Waals surface area contributed by atoms with E-state index in [1.54, 1.807) is 12.1 Å². The molecule has 27 heavy (non-hydrogen) atoms. The van der Waals surface area contributed by atoms with Crippen molar-refractivity contribution in [2.75, 3.05) is 5.32 Å². The number of rotatable bonds is 5. The summed E-state index contributed by atoms with van der Waals surface area (Å²) in [5.41, 5.74) is 3.77. The number of nitrogens with one attached hydrogen (secondary N) is 1. The number of anilines is 1. The summed E-state index contributed by atoms with van der Waals surface area (Å²) in [6.45, 7) is 0.593. The van der Waals surface area contributed by atoms with Gasteiger partial charge < -0.3 is 9.88 Å². The first-order valence-electron chi connectivity index (χ1n) is 9.07. The molecule has 2 aromatic carbocycles. The molecule has 0 aliphatic heterocycles. The second-order valence-corrected chi connectivity index (χ2v) is 6.78. The van der Waals surface area contributed by atoms with Crippen molar-refractivity contribution in [2.45, 2.75) is 25.4 Å². The van der Waals surface area contributed by atoms with Crippen LogP contribution in [0.15, 0.2) is 60.7 Å². The summed E-state index contributed by atoms with van der Waals surface area (Å²) in [5.74, 6) is 1.45. The number of hydrogen-bond donors (Lipinski definition) is 1. The molecule has 0 amide bonds. The molecule has 1 aliphatic carbocycles. The number of hydrogen-bond acceptors (Lipinski definition) is 4. The Morgan fingerprint density at radius 2 is 1.78 bits per heavy atom. The van der Waals surface area contributed by atoms with Gasteiger partial charge in [-0.25, -0.2) is 9.37 Å². The van der Waals surface area contributed by atoms with Crippen molar-refractivity contribution >= 4 is 16.9 Å². The van der Waals surface area contributed by atoms with E-state index in [2.05, 4.69) is 38.3 Å². The summed E-state index contributed by atoms with van der Waals surface area (Å²) >= 11 is 0. The molecule has 6 heteroatoms. The Balaban J connectivity index is 1.35. The highest BCUT2D eigenvalue weighted by Gasteiger charge is 2.27. The highest BCUT2D eigenvalue weighted by atomic mass is 19.1. The van der Waals surface area contributed by atoms with Crippen LogP contribution in [0.25, 0.3) is 22.3 Å². The molecule has 0 unspecified atom stereocenters. The van der Waals surface area contributed by atoms with E-state index >= 15 is 0 Å². The van der Waals surface area contributed by atoms with Crippen LogP contribution in [0.1, 0.15) is 24.7 Å². The maximum Gasteiger partial charge on any atom is 0.149 e. The lowest BCUT2D eigenvalue weighted by Crippen LogP contribution is -2.09. The van der Waals surface area contributed by atoms with Crippen molar-refractivity contribution in [1.82, 2.24) is 19.7 Å². The summed E-state index contributed by atoms with van der Waals surface area (Å²) in [6, 6.07) is 18.8. The lowest BCUT2D eigenvalue weighted by molar-refractivity contribution is 0.628. The van der Waals surface area contributed by atoms with Gasteiger partial charge in [0.2, 0.25) is 0 Å². The van der Waals surface area contributed by atoms with Gasteiger partial charge in [-0.05, 0) is 61.4 Å². The number of imidazole rings is 1. The van der Waals surface area contributed by atoms with Crippen LogP contribution in [-0.2, 0) is 6.54 Å². The number of benzene rings is 2. The predicted molar refractivity (Wildman–Crippen MR) is 103 cm³/mol. The molecule has 1 aliphatic rings. The summed E-state index contributed by atoms with van der Waals surface area (Å²) in [4.78, 5) is 4.78. The lowest BCUT2D eigenvalue weighted by Gasteiger charge is -2.09. The molecular formula is C21H18FN5. The zero-order valence-corrected chi connectivity index (χ0v) is 14.6. The van der Waals surface area contributed by atoms with Crippen molar-refractivity contribution in [3.05, 3.63) is 72.3 Å². The standard InChI is InChI=1S/C21H18FN5/c22-15-7-5-14(6-8-15)17-11-12-20(26-25-17)23-13-21-24-18-3-1-2-4-19(18)27(21)16-9-10-16/h1-8,11-12,16H,9-10,13H2,(H,23,26). The second-order valence-electron chi connectivity index (χ2n) is 6.78. The molecule has 0 saturated heterocycles. The van der Waals surface area contributed by atoms with Gasteiger partial charge in [0.15, 0.2) is 0 Å². The van der Waals surface area contributed by atoms with Gasteiger partial charge in [0.1, 0.15) is 17.5 Å². The van der Waals surface area contributed by atoms with Gasteiger partial charge in [-0.1, -0.05) is 12.1 Å². The number of aromatic nitrogens is 4. The van der Waals surface area contributed by atoms with E-state index in [0.717, 1.165) is 16.9 Å². The Labute approximate surface area is 155 Å². The zero-order valence-electron chi connectivity index (χ0n) is 14.6. The third-order valence-corrected chi connectivity index (χ3v) is 4.81. The molecule has 2 heterocycles. The minimum absolute atomic E-state index is 0.261. The summed E-state index contributed by atoms with van der Waals surface area (Å²) < 4.78 is 15.4. The second kappa shape index (κ2) is 6.46. The van der Waals surface area contributed by atoms with E-state index < -0.39 is 0 Å². The van der Waals surface area contributed by atoms with E-state index in [1.165, 1.54) is 30.5 Å². The van der Waals surface area contributed by atoms with Crippen molar-refractivity contribution in [3.8, 4) is 11.3 Å². The molecule has 134 valence electrons. The van der Waals surface area contributed by atoms with Gasteiger partial charge in [-0.2, -0.15) is 0 Å². The molecule has 4 aromatic rings. The van der Waals surface area contributed by atoms with Crippen molar-refractivity contribution in [3.63, 3.8) is 0 Å². The van der Waals surface area contributed by atoms with Crippen LogP contribution >= 0.6 is 0 Å². The quantitative estimate of drug-likeness (QED) is 0.567. The van der Waals surface area contributed by atoms with Crippen LogP contribution < -0.4 is 5.32 Å². The van der Waals surface area contributed by atoms with Gasteiger partial charge in [0.05, 0.1) is 23.3 Å². The SMILES string of the molecule is Fc1ccc(-c2ccc(NCc3nc4ccccc4n3C3CC3)nn2)cc1. The van der Waals surface area contributed by atoms with Gasteiger partial charge in [0, 0.05) is 11.6 Å². The van der Waals surface area contributed by atoms with Gasteiger partial charge in [0.25, 0.3) is 0 Å². The Hall–Kier alpha value is -3.28. The van der Waals surface area contributed by atoms with Crippen molar-refractivity contribution < 1.29 is 4.39 Å². The third kappa shape index (κ3) is 3.14. The Kier molecular flexibility index (Phi) is 3.81.